The molecule has 40 heavy (non-hydrogen) atoms. The van der Waals surface area contributed by atoms with E-state index in [1.54, 1.807) is 42.5 Å². The molecule has 6 heteroatoms. The van der Waals surface area contributed by atoms with Crippen molar-refractivity contribution in [1.29, 1.82) is 0 Å². The minimum absolute atomic E-state index is 0.0702. The lowest BCUT2D eigenvalue weighted by Crippen LogP contribution is -2.57. The molecule has 1 aliphatic rings. The first kappa shape index (κ1) is 26.9. The van der Waals surface area contributed by atoms with Crippen molar-refractivity contribution in [3.8, 4) is 5.69 Å². The molecule has 202 valence electrons. The molecule has 2 heterocycles. The second-order valence-electron chi connectivity index (χ2n) is 10.2. The van der Waals surface area contributed by atoms with E-state index in [-0.39, 0.29) is 5.57 Å². The highest BCUT2D eigenvalue weighted by Gasteiger charge is 2.43. The number of benzene rings is 3. The summed E-state index contributed by atoms with van der Waals surface area (Å²) in [5.41, 5.74) is 6.69. The molecule has 6 nitrogen and oxygen atoms in total. The Labute approximate surface area is 235 Å². The van der Waals surface area contributed by atoms with Gasteiger partial charge in [0, 0.05) is 17.1 Å². The summed E-state index contributed by atoms with van der Waals surface area (Å²) in [7, 11) is 0. The van der Waals surface area contributed by atoms with Crippen molar-refractivity contribution in [3.63, 3.8) is 0 Å². The largest absolute Gasteiger partial charge is 0.343 e. The van der Waals surface area contributed by atoms with Crippen LogP contribution in [0, 0.1) is 20.8 Å². The van der Waals surface area contributed by atoms with E-state index in [1.807, 2.05) is 45.0 Å². The van der Waals surface area contributed by atoms with Crippen LogP contribution in [0.1, 0.15) is 47.8 Å². The van der Waals surface area contributed by atoms with E-state index in [0.29, 0.717) is 11.4 Å². The first-order valence-corrected chi connectivity index (χ1v) is 13.6. The van der Waals surface area contributed by atoms with Crippen LogP contribution in [0.25, 0.3) is 11.8 Å². The first-order valence-electron chi connectivity index (χ1n) is 13.6. The lowest BCUT2D eigenvalue weighted by molar-refractivity contribution is -0.121. The van der Waals surface area contributed by atoms with Crippen LogP contribution in [0.5, 0.6) is 0 Å². The number of aromatic nitrogens is 1. The molecule has 0 spiro atoms. The summed E-state index contributed by atoms with van der Waals surface area (Å²) in [6, 6.07) is 25.6. The zero-order valence-corrected chi connectivity index (χ0v) is 23.3. The van der Waals surface area contributed by atoms with Gasteiger partial charge >= 0.3 is 6.03 Å². The number of rotatable bonds is 7. The molecule has 0 saturated carbocycles. The highest BCUT2D eigenvalue weighted by Crippen LogP contribution is 2.31. The average Bonchev–Trinajstić information content (AvgIpc) is 3.24. The van der Waals surface area contributed by atoms with Crippen LogP contribution in [0.15, 0.2) is 90.5 Å². The lowest BCUT2D eigenvalue weighted by Gasteiger charge is -2.34. The number of carbonyl (C=O) groups is 3. The highest BCUT2D eigenvalue weighted by atomic mass is 16.2. The Morgan fingerprint density at radius 2 is 1.27 bits per heavy atom. The highest BCUT2D eigenvalue weighted by molar-refractivity contribution is 6.46. The van der Waals surface area contributed by atoms with Gasteiger partial charge in [-0.25, -0.2) is 14.6 Å². The fraction of sp³-hybridized carbons (Fsp3) is 0.206. The van der Waals surface area contributed by atoms with E-state index >= 15 is 0 Å². The predicted molar refractivity (Wildman–Crippen MR) is 160 cm³/mol. The second-order valence-corrected chi connectivity index (χ2v) is 10.2. The minimum atomic E-state index is -0.698. The Morgan fingerprint density at radius 3 is 1.88 bits per heavy atom. The van der Waals surface area contributed by atoms with Crippen molar-refractivity contribution in [2.75, 3.05) is 9.80 Å². The SMILES string of the molecule is CCCCc1ccc(-n2c(C)cc(/C=C3\C(=O)N(c4ccccc4)C(=O)N(c4ccc(C)cc4)C3=O)c2C)cc1. The van der Waals surface area contributed by atoms with Crippen LogP contribution in [0.2, 0.25) is 0 Å². The summed E-state index contributed by atoms with van der Waals surface area (Å²) in [4.78, 5) is 43.3. The number of carbonyl (C=O) groups excluding carboxylic acids is 3. The van der Waals surface area contributed by atoms with Crippen LogP contribution >= 0.6 is 0 Å². The van der Waals surface area contributed by atoms with Gasteiger partial charge in [0.1, 0.15) is 5.57 Å². The van der Waals surface area contributed by atoms with Gasteiger partial charge in [0.2, 0.25) is 0 Å². The molecule has 1 fully saturated rings. The zero-order chi connectivity index (χ0) is 28.4. The number of aryl methyl sites for hydroxylation is 3. The maximum atomic E-state index is 13.8. The summed E-state index contributed by atoms with van der Waals surface area (Å²) < 4.78 is 2.12. The quantitative estimate of drug-likeness (QED) is 0.185. The summed E-state index contributed by atoms with van der Waals surface area (Å²) in [6.07, 6.45) is 4.98. The number of imide groups is 2. The van der Waals surface area contributed by atoms with Crippen LogP contribution < -0.4 is 9.80 Å². The summed E-state index contributed by atoms with van der Waals surface area (Å²) in [6.45, 7) is 8.10. The van der Waals surface area contributed by atoms with Crippen LogP contribution in [0.4, 0.5) is 16.2 Å². The average molecular weight is 532 g/mol. The monoisotopic (exact) mass is 531 g/mol. The van der Waals surface area contributed by atoms with Crippen molar-refractivity contribution in [1.82, 2.24) is 4.57 Å². The van der Waals surface area contributed by atoms with Gasteiger partial charge in [-0.1, -0.05) is 61.4 Å². The maximum absolute atomic E-state index is 13.8. The number of amides is 4. The third-order valence-corrected chi connectivity index (χ3v) is 7.34. The molecule has 0 radical (unpaired) electrons. The third kappa shape index (κ3) is 5.00. The van der Waals surface area contributed by atoms with Gasteiger partial charge in [-0.05, 0) is 93.3 Å². The fourth-order valence-corrected chi connectivity index (χ4v) is 5.14. The molecule has 0 aliphatic carbocycles. The van der Waals surface area contributed by atoms with E-state index in [9.17, 15) is 14.4 Å². The molecule has 1 saturated heterocycles. The molecule has 4 amide bonds. The van der Waals surface area contributed by atoms with Gasteiger partial charge in [0.25, 0.3) is 11.8 Å². The predicted octanol–water partition coefficient (Wildman–Crippen LogP) is 7.33. The van der Waals surface area contributed by atoms with Crippen LogP contribution in [0.3, 0.4) is 0 Å². The molecule has 0 atom stereocenters. The summed E-state index contributed by atoms with van der Waals surface area (Å²) in [5.74, 6) is -1.29. The van der Waals surface area contributed by atoms with Crippen molar-refractivity contribution in [2.45, 2.75) is 47.0 Å². The lowest BCUT2D eigenvalue weighted by atomic mass is 10.0. The van der Waals surface area contributed by atoms with Gasteiger partial charge in [-0.15, -0.1) is 0 Å². The second kappa shape index (κ2) is 11.2. The maximum Gasteiger partial charge on any atom is 0.343 e. The molecule has 0 N–H and O–H groups in total. The first-order chi connectivity index (χ1) is 19.3. The topological polar surface area (TPSA) is 62.6 Å². The number of para-hydroxylation sites is 1. The molecule has 4 aromatic rings. The molecule has 5 rings (SSSR count). The van der Waals surface area contributed by atoms with Crippen molar-refractivity contribution < 1.29 is 14.4 Å². The Morgan fingerprint density at radius 1 is 0.700 bits per heavy atom. The Hall–Kier alpha value is -4.71. The summed E-state index contributed by atoms with van der Waals surface area (Å²) in [5, 5.41) is 0. The molecular formula is C34H33N3O3. The summed E-state index contributed by atoms with van der Waals surface area (Å²) >= 11 is 0. The molecule has 0 bridgehead atoms. The molecular weight excluding hydrogens is 498 g/mol. The van der Waals surface area contributed by atoms with Crippen molar-refractivity contribution in [2.24, 2.45) is 0 Å². The standard InChI is InChI=1S/C34H33N3O3/c1-5-6-10-26-15-19-29(20-16-26)35-24(3)21-27(25(35)4)22-31-32(38)36(28-11-8-7-9-12-28)34(40)37(33(31)39)30-17-13-23(2)14-18-30/h7-9,11-22H,5-6,10H2,1-4H3/b31-22+. The number of unbranched alkanes of at least 4 members (excludes halogenated alkanes) is 1. The smallest absolute Gasteiger partial charge is 0.318 e. The number of anilines is 2. The Balaban J connectivity index is 1.58. The van der Waals surface area contributed by atoms with E-state index < -0.39 is 17.8 Å². The van der Waals surface area contributed by atoms with Crippen molar-refractivity contribution >= 4 is 35.3 Å². The normalized spacial score (nSPS) is 14.9. The molecule has 1 aliphatic heterocycles. The van der Waals surface area contributed by atoms with Gasteiger partial charge in [0.15, 0.2) is 0 Å². The number of hydrogen-bond acceptors (Lipinski definition) is 3. The number of urea groups is 1. The minimum Gasteiger partial charge on any atom is -0.318 e. The number of nitrogens with zero attached hydrogens (tertiary/aromatic N) is 3. The molecule has 1 aromatic heterocycles. The van der Waals surface area contributed by atoms with Crippen LogP contribution in [-0.2, 0) is 16.0 Å². The van der Waals surface area contributed by atoms with Gasteiger partial charge in [0.05, 0.1) is 11.4 Å². The van der Waals surface area contributed by atoms with E-state index in [1.165, 1.54) is 5.56 Å². The Kier molecular flexibility index (Phi) is 7.52. The number of hydrogen-bond donors (Lipinski definition) is 0. The van der Waals surface area contributed by atoms with Gasteiger partial charge in [-0.3, -0.25) is 9.59 Å². The van der Waals surface area contributed by atoms with E-state index in [4.69, 9.17) is 0 Å². The third-order valence-electron chi connectivity index (χ3n) is 7.34. The van der Waals surface area contributed by atoms with Gasteiger partial charge < -0.3 is 4.57 Å². The number of barbiturate groups is 1. The molecule has 0 unspecified atom stereocenters. The van der Waals surface area contributed by atoms with E-state index in [0.717, 1.165) is 57.3 Å². The van der Waals surface area contributed by atoms with Gasteiger partial charge in [-0.2, -0.15) is 0 Å². The molecule has 3 aromatic carbocycles. The zero-order valence-electron chi connectivity index (χ0n) is 23.3. The Bertz CT molecular complexity index is 1600. The van der Waals surface area contributed by atoms with Crippen molar-refractivity contribution in [3.05, 3.63) is 119 Å². The fourth-order valence-electron chi connectivity index (χ4n) is 5.14. The van der Waals surface area contributed by atoms with E-state index in [2.05, 4.69) is 35.8 Å². The van der Waals surface area contributed by atoms with Crippen LogP contribution in [-0.4, -0.2) is 22.4 Å².